The third-order valence-corrected chi connectivity index (χ3v) is 7.32. The van der Waals surface area contributed by atoms with E-state index in [4.69, 9.17) is 11.6 Å². The lowest BCUT2D eigenvalue weighted by molar-refractivity contribution is 0.449. The fourth-order valence-electron chi connectivity index (χ4n) is 4.15. The third-order valence-electron chi connectivity index (χ3n) is 6.92. The van der Waals surface area contributed by atoms with Crippen LogP contribution in [0.1, 0.15) is 135 Å². The van der Waals surface area contributed by atoms with Crippen molar-refractivity contribution in [2.24, 2.45) is 5.92 Å². The van der Waals surface area contributed by atoms with Crippen molar-refractivity contribution in [3.63, 3.8) is 0 Å². The minimum absolute atomic E-state index is 0.568. The minimum Gasteiger partial charge on any atom is -0.317 e. The first kappa shape index (κ1) is 43.4. The Morgan fingerprint density at radius 3 is 2.00 bits per heavy atom. The highest BCUT2D eigenvalue weighted by Gasteiger charge is 2.10. The zero-order valence-electron chi connectivity index (χ0n) is 28.9. The lowest BCUT2D eigenvalue weighted by Crippen LogP contribution is -2.20. The SMILES string of the molecule is C#C.C=C(CCC(C)NC)Cc1cccc(C(C)CCC(C)CCC)c1.CC.CCC.CCc1ccc(C)c(Cl)c1. The predicted molar refractivity (Wildman–Crippen MR) is 192 cm³/mol. The van der Waals surface area contributed by atoms with E-state index in [1.54, 1.807) is 0 Å². The van der Waals surface area contributed by atoms with Crippen molar-refractivity contribution >= 4 is 11.6 Å². The van der Waals surface area contributed by atoms with E-state index in [0.29, 0.717) is 12.0 Å². The maximum Gasteiger partial charge on any atom is 0.0437 e. The summed E-state index contributed by atoms with van der Waals surface area (Å²) in [5.41, 5.74) is 6.71. The van der Waals surface area contributed by atoms with Crippen molar-refractivity contribution in [2.45, 2.75) is 139 Å². The average Bonchev–Trinajstić information content (AvgIpc) is 2.99. The van der Waals surface area contributed by atoms with Gasteiger partial charge >= 0.3 is 0 Å². The van der Waals surface area contributed by atoms with Crippen LogP contribution in [0, 0.1) is 25.7 Å². The summed E-state index contributed by atoms with van der Waals surface area (Å²) in [7, 11) is 2.03. The standard InChI is InChI=1S/C23H39N.C9H11Cl.C3H8.C2H6.C2H2/c1-7-9-18(2)12-14-20(4)23-11-8-10-22(17-23)16-19(3)13-15-21(5)24-6;1-3-8-5-4-7(2)9(10)6-8;1-3-2;2*1-2/h8,10-11,17-18,20-21,24H,3,7,9,12-16H2,1-2,4-6H3;4-6H,3H2,1-2H3;3H2,1-2H3;1-2H3;1-2H. The van der Waals surface area contributed by atoms with Gasteiger partial charge in [0.25, 0.3) is 0 Å². The summed E-state index contributed by atoms with van der Waals surface area (Å²) in [5, 5.41) is 4.17. The molecule has 0 aliphatic carbocycles. The maximum absolute atomic E-state index is 5.89. The molecule has 0 bridgehead atoms. The molecule has 0 amide bonds. The fourth-order valence-corrected chi connectivity index (χ4v) is 4.35. The van der Waals surface area contributed by atoms with Crippen molar-refractivity contribution in [3.8, 4) is 12.8 Å². The van der Waals surface area contributed by atoms with Gasteiger partial charge in [-0.25, -0.2) is 0 Å². The number of allylic oxidation sites excluding steroid dienone is 1. The van der Waals surface area contributed by atoms with E-state index in [9.17, 15) is 0 Å². The second-order valence-corrected chi connectivity index (χ2v) is 11.3. The van der Waals surface area contributed by atoms with Gasteiger partial charge in [0.2, 0.25) is 0 Å². The second-order valence-electron chi connectivity index (χ2n) is 10.9. The number of halogens is 1. The van der Waals surface area contributed by atoms with Gasteiger partial charge in [0, 0.05) is 11.1 Å². The van der Waals surface area contributed by atoms with Crippen molar-refractivity contribution in [1.29, 1.82) is 0 Å². The first-order chi connectivity index (χ1) is 19.6. The van der Waals surface area contributed by atoms with Gasteiger partial charge in [-0.3, -0.25) is 0 Å². The molecule has 41 heavy (non-hydrogen) atoms. The average molecular weight is 584 g/mol. The Balaban J connectivity index is -0.000000699. The molecule has 3 atom stereocenters. The Kier molecular flexibility index (Phi) is 31.2. The Hall–Kier alpha value is -2.01. The van der Waals surface area contributed by atoms with Gasteiger partial charge in [-0.05, 0) is 93.2 Å². The van der Waals surface area contributed by atoms with Crippen molar-refractivity contribution < 1.29 is 0 Å². The molecule has 2 heteroatoms. The fraction of sp³-hybridized carbons (Fsp3) is 0.590. The molecule has 0 fully saturated rings. The van der Waals surface area contributed by atoms with Crippen LogP contribution in [0.5, 0.6) is 0 Å². The quantitative estimate of drug-likeness (QED) is 0.182. The molecule has 0 radical (unpaired) electrons. The van der Waals surface area contributed by atoms with Crippen LogP contribution in [0.15, 0.2) is 54.6 Å². The third kappa shape index (κ3) is 23.3. The molecule has 1 N–H and O–H groups in total. The normalized spacial score (nSPS) is 11.9. The van der Waals surface area contributed by atoms with Crippen molar-refractivity contribution in [1.82, 2.24) is 5.32 Å². The van der Waals surface area contributed by atoms with Gasteiger partial charge in [0.1, 0.15) is 0 Å². The first-order valence-corrected chi connectivity index (χ1v) is 16.5. The second kappa shape index (κ2) is 29.5. The summed E-state index contributed by atoms with van der Waals surface area (Å²) in [4.78, 5) is 0. The van der Waals surface area contributed by atoms with E-state index < -0.39 is 0 Å². The number of hydrogen-bond acceptors (Lipinski definition) is 1. The number of terminal acetylenes is 1. The van der Waals surface area contributed by atoms with Crippen LogP contribution in [0.2, 0.25) is 5.02 Å². The van der Waals surface area contributed by atoms with Crippen LogP contribution < -0.4 is 5.32 Å². The molecular formula is C39H66ClN. The molecule has 0 aliphatic heterocycles. The van der Waals surface area contributed by atoms with Crippen molar-refractivity contribution in [3.05, 3.63) is 81.9 Å². The monoisotopic (exact) mass is 583 g/mol. The highest BCUT2D eigenvalue weighted by molar-refractivity contribution is 6.31. The molecule has 0 saturated heterocycles. The maximum atomic E-state index is 5.89. The van der Waals surface area contributed by atoms with Gasteiger partial charge in [-0.15, -0.1) is 12.8 Å². The lowest BCUT2D eigenvalue weighted by Gasteiger charge is -2.17. The van der Waals surface area contributed by atoms with Crippen molar-refractivity contribution in [2.75, 3.05) is 7.05 Å². The number of hydrogen-bond donors (Lipinski definition) is 1. The van der Waals surface area contributed by atoms with Crippen LogP contribution in [-0.2, 0) is 12.8 Å². The van der Waals surface area contributed by atoms with E-state index in [0.717, 1.165) is 35.8 Å². The molecule has 0 aliphatic rings. The summed E-state index contributed by atoms with van der Waals surface area (Å²) in [5.74, 6) is 1.51. The Morgan fingerprint density at radius 2 is 1.49 bits per heavy atom. The predicted octanol–water partition coefficient (Wildman–Crippen LogP) is 12.4. The topological polar surface area (TPSA) is 12.0 Å². The summed E-state index contributed by atoms with van der Waals surface area (Å²) < 4.78 is 0. The van der Waals surface area contributed by atoms with E-state index in [2.05, 4.69) is 110 Å². The highest BCUT2D eigenvalue weighted by atomic mass is 35.5. The zero-order chi connectivity index (χ0) is 32.2. The molecule has 0 saturated carbocycles. The van der Waals surface area contributed by atoms with E-state index in [1.807, 2.05) is 33.9 Å². The molecular weight excluding hydrogens is 518 g/mol. The van der Waals surface area contributed by atoms with E-state index in [-0.39, 0.29) is 0 Å². The van der Waals surface area contributed by atoms with E-state index >= 15 is 0 Å². The summed E-state index contributed by atoms with van der Waals surface area (Å²) in [6, 6.07) is 15.9. The van der Waals surface area contributed by atoms with Gasteiger partial charge in [-0.1, -0.05) is 141 Å². The molecule has 234 valence electrons. The van der Waals surface area contributed by atoms with Crippen LogP contribution in [-0.4, -0.2) is 13.1 Å². The molecule has 2 aromatic rings. The molecule has 1 nitrogen and oxygen atoms in total. The smallest absolute Gasteiger partial charge is 0.0437 e. The van der Waals surface area contributed by atoms with Gasteiger partial charge < -0.3 is 5.32 Å². The summed E-state index contributed by atoms with van der Waals surface area (Å²) >= 11 is 5.89. The Morgan fingerprint density at radius 1 is 0.878 bits per heavy atom. The van der Waals surface area contributed by atoms with Gasteiger partial charge in [0.05, 0.1) is 0 Å². The molecule has 3 unspecified atom stereocenters. The Labute approximate surface area is 263 Å². The number of benzene rings is 2. The Bertz CT molecular complexity index is 897. The molecule has 0 aromatic heterocycles. The van der Waals surface area contributed by atoms with Gasteiger partial charge in [0.15, 0.2) is 0 Å². The summed E-state index contributed by atoms with van der Waals surface area (Å²) in [6.07, 6.45) is 18.9. The lowest BCUT2D eigenvalue weighted by atomic mass is 9.89. The molecule has 0 heterocycles. The highest BCUT2D eigenvalue weighted by Crippen LogP contribution is 2.26. The number of nitrogens with one attached hydrogen (secondary N) is 1. The molecule has 2 rings (SSSR count). The largest absolute Gasteiger partial charge is 0.317 e. The molecule has 2 aromatic carbocycles. The zero-order valence-corrected chi connectivity index (χ0v) is 29.6. The van der Waals surface area contributed by atoms with Crippen LogP contribution >= 0.6 is 11.6 Å². The van der Waals surface area contributed by atoms with Gasteiger partial charge in [-0.2, -0.15) is 0 Å². The molecule has 0 spiro atoms. The summed E-state index contributed by atoms with van der Waals surface area (Å²) in [6.45, 7) is 26.0. The van der Waals surface area contributed by atoms with Crippen LogP contribution in [0.3, 0.4) is 0 Å². The minimum atomic E-state index is 0.568. The number of aryl methyl sites for hydroxylation is 2. The van der Waals surface area contributed by atoms with Crippen LogP contribution in [0.25, 0.3) is 0 Å². The first-order valence-electron chi connectivity index (χ1n) is 16.1. The van der Waals surface area contributed by atoms with E-state index in [1.165, 1.54) is 60.8 Å². The number of rotatable bonds is 13. The van der Waals surface area contributed by atoms with Crippen LogP contribution in [0.4, 0.5) is 0 Å².